The fourth-order valence-electron chi connectivity index (χ4n) is 1.94. The van der Waals surface area contributed by atoms with Gasteiger partial charge in [0.25, 0.3) is 0 Å². The summed E-state index contributed by atoms with van der Waals surface area (Å²) >= 11 is 5.79. The molecular formula is C13H14ClFO2. The highest BCUT2D eigenvalue weighted by Gasteiger charge is 2.19. The van der Waals surface area contributed by atoms with Crippen LogP contribution in [0.3, 0.4) is 0 Å². The summed E-state index contributed by atoms with van der Waals surface area (Å²) < 4.78 is 19.0. The van der Waals surface area contributed by atoms with Crippen LogP contribution in [0.5, 0.6) is 0 Å². The Morgan fingerprint density at radius 3 is 2.76 bits per heavy atom. The van der Waals surface area contributed by atoms with Crippen molar-refractivity contribution in [3.63, 3.8) is 0 Å². The summed E-state index contributed by atoms with van der Waals surface area (Å²) in [6, 6.07) is 4.43. The molecule has 4 heteroatoms. The third kappa shape index (κ3) is 3.51. The van der Waals surface area contributed by atoms with Crippen molar-refractivity contribution < 1.29 is 13.9 Å². The van der Waals surface area contributed by atoms with Crippen LogP contribution in [0.15, 0.2) is 18.2 Å². The molecule has 0 unspecified atom stereocenters. The molecule has 1 fully saturated rings. The van der Waals surface area contributed by atoms with E-state index in [2.05, 4.69) is 0 Å². The lowest BCUT2D eigenvalue weighted by Gasteiger charge is -2.21. The molecule has 0 saturated heterocycles. The fourth-order valence-corrected chi connectivity index (χ4v) is 2.14. The first-order valence-electron chi connectivity index (χ1n) is 5.72. The van der Waals surface area contributed by atoms with E-state index in [-0.39, 0.29) is 18.5 Å². The molecule has 1 aromatic rings. The molecule has 1 aromatic carbocycles. The molecule has 2 nitrogen and oxygen atoms in total. The highest BCUT2D eigenvalue weighted by Crippen LogP contribution is 2.21. The minimum atomic E-state index is -0.304. The Bertz CT molecular complexity index is 410. The maximum Gasteiger partial charge on any atom is 0.133 e. The third-order valence-electron chi connectivity index (χ3n) is 2.97. The Labute approximate surface area is 105 Å². The number of carbonyl (C=O) groups is 1. The number of ketones is 1. The summed E-state index contributed by atoms with van der Waals surface area (Å²) in [7, 11) is 0. The molecule has 0 radical (unpaired) electrons. The minimum Gasteiger partial charge on any atom is -0.373 e. The summed E-state index contributed by atoms with van der Waals surface area (Å²) in [6.07, 6.45) is 2.68. The van der Waals surface area contributed by atoms with E-state index < -0.39 is 0 Å². The van der Waals surface area contributed by atoms with Gasteiger partial charge < -0.3 is 4.74 Å². The van der Waals surface area contributed by atoms with Crippen LogP contribution in [0.4, 0.5) is 4.39 Å². The first kappa shape index (κ1) is 12.5. The maximum absolute atomic E-state index is 13.4. The van der Waals surface area contributed by atoms with Crippen molar-refractivity contribution in [3.05, 3.63) is 34.6 Å². The van der Waals surface area contributed by atoms with Crippen LogP contribution in [0, 0.1) is 5.82 Å². The van der Waals surface area contributed by atoms with Crippen LogP contribution in [0.1, 0.15) is 31.2 Å². The zero-order valence-electron chi connectivity index (χ0n) is 9.42. The monoisotopic (exact) mass is 256 g/mol. The van der Waals surface area contributed by atoms with E-state index in [9.17, 15) is 9.18 Å². The first-order chi connectivity index (χ1) is 8.15. The van der Waals surface area contributed by atoms with E-state index in [0.717, 1.165) is 12.8 Å². The van der Waals surface area contributed by atoms with Crippen LogP contribution < -0.4 is 0 Å². The average molecular weight is 257 g/mol. The van der Waals surface area contributed by atoms with Crippen molar-refractivity contribution in [1.82, 2.24) is 0 Å². The SMILES string of the molecule is O=C1CCC(OCc2cc(Cl)ccc2F)CC1. The minimum absolute atomic E-state index is 0.0612. The summed E-state index contributed by atoms with van der Waals surface area (Å²) in [5.41, 5.74) is 0.467. The van der Waals surface area contributed by atoms with E-state index in [1.165, 1.54) is 12.1 Å². The highest BCUT2D eigenvalue weighted by atomic mass is 35.5. The molecule has 0 aliphatic heterocycles. The molecule has 92 valence electrons. The Morgan fingerprint density at radius 2 is 2.06 bits per heavy atom. The fraction of sp³-hybridized carbons (Fsp3) is 0.462. The zero-order chi connectivity index (χ0) is 12.3. The third-order valence-corrected chi connectivity index (χ3v) is 3.21. The Kier molecular flexibility index (Phi) is 4.13. The van der Waals surface area contributed by atoms with Gasteiger partial charge in [-0.1, -0.05) is 11.6 Å². The lowest BCUT2D eigenvalue weighted by Crippen LogP contribution is -2.21. The Balaban J connectivity index is 1.89. The number of benzene rings is 1. The van der Waals surface area contributed by atoms with Gasteiger partial charge in [-0.15, -0.1) is 0 Å². The van der Waals surface area contributed by atoms with Gasteiger partial charge in [0.05, 0.1) is 12.7 Å². The van der Waals surface area contributed by atoms with Crippen LogP contribution >= 0.6 is 11.6 Å². The van der Waals surface area contributed by atoms with E-state index >= 15 is 0 Å². The van der Waals surface area contributed by atoms with Crippen LogP contribution in [0.2, 0.25) is 5.02 Å². The Hall–Kier alpha value is -0.930. The van der Waals surface area contributed by atoms with Gasteiger partial charge >= 0.3 is 0 Å². The van der Waals surface area contributed by atoms with Crippen molar-refractivity contribution in [3.8, 4) is 0 Å². The topological polar surface area (TPSA) is 26.3 Å². The second kappa shape index (κ2) is 5.61. The molecule has 0 spiro atoms. The maximum atomic E-state index is 13.4. The number of carbonyl (C=O) groups excluding carboxylic acids is 1. The van der Waals surface area contributed by atoms with Crippen molar-refractivity contribution in [1.29, 1.82) is 0 Å². The molecule has 0 amide bonds. The van der Waals surface area contributed by atoms with Gasteiger partial charge in [-0.25, -0.2) is 4.39 Å². The van der Waals surface area contributed by atoms with Crippen LogP contribution in [0.25, 0.3) is 0 Å². The van der Waals surface area contributed by atoms with E-state index in [1.54, 1.807) is 6.07 Å². The molecular weight excluding hydrogens is 243 g/mol. The van der Waals surface area contributed by atoms with Gasteiger partial charge in [-0.05, 0) is 31.0 Å². The molecule has 0 aromatic heterocycles. The number of hydrogen-bond donors (Lipinski definition) is 0. The molecule has 0 heterocycles. The van der Waals surface area contributed by atoms with E-state index in [4.69, 9.17) is 16.3 Å². The molecule has 0 N–H and O–H groups in total. The number of Topliss-reactive ketones (excluding diaryl/α,β-unsaturated/α-hetero) is 1. The molecule has 17 heavy (non-hydrogen) atoms. The van der Waals surface area contributed by atoms with Gasteiger partial charge in [-0.2, -0.15) is 0 Å². The van der Waals surface area contributed by atoms with Crippen LogP contribution in [-0.2, 0) is 16.1 Å². The average Bonchev–Trinajstić information content (AvgIpc) is 2.32. The standard InChI is InChI=1S/C13H14ClFO2/c14-10-1-6-13(15)9(7-10)8-17-12-4-2-11(16)3-5-12/h1,6-7,12H,2-5,8H2. The predicted octanol–water partition coefficient (Wildman–Crippen LogP) is 3.51. The van der Waals surface area contributed by atoms with E-state index in [1.807, 2.05) is 0 Å². The second-order valence-corrected chi connectivity index (χ2v) is 4.72. The molecule has 1 saturated carbocycles. The van der Waals surface area contributed by atoms with E-state index in [0.29, 0.717) is 29.2 Å². The molecule has 0 atom stereocenters. The van der Waals surface area contributed by atoms with Crippen LogP contribution in [-0.4, -0.2) is 11.9 Å². The Morgan fingerprint density at radius 1 is 1.35 bits per heavy atom. The summed E-state index contributed by atoms with van der Waals surface area (Å²) in [4.78, 5) is 11.0. The first-order valence-corrected chi connectivity index (χ1v) is 6.10. The van der Waals surface area contributed by atoms with Gasteiger partial charge in [0.1, 0.15) is 11.6 Å². The highest BCUT2D eigenvalue weighted by molar-refractivity contribution is 6.30. The van der Waals surface area contributed by atoms with Gasteiger partial charge in [0.2, 0.25) is 0 Å². The lowest BCUT2D eigenvalue weighted by molar-refractivity contribution is -0.123. The molecule has 2 rings (SSSR count). The summed E-state index contributed by atoms with van der Waals surface area (Å²) in [5.74, 6) is -0.0138. The summed E-state index contributed by atoms with van der Waals surface area (Å²) in [5, 5.41) is 0.504. The number of halogens is 2. The largest absolute Gasteiger partial charge is 0.373 e. The predicted molar refractivity (Wildman–Crippen MR) is 63.5 cm³/mol. The number of hydrogen-bond acceptors (Lipinski definition) is 2. The van der Waals surface area contributed by atoms with Gasteiger partial charge in [0.15, 0.2) is 0 Å². The zero-order valence-corrected chi connectivity index (χ0v) is 10.2. The normalized spacial score (nSPS) is 17.4. The molecule has 1 aliphatic carbocycles. The lowest BCUT2D eigenvalue weighted by atomic mass is 9.96. The number of rotatable bonds is 3. The molecule has 0 bridgehead atoms. The van der Waals surface area contributed by atoms with Crippen molar-refractivity contribution >= 4 is 17.4 Å². The van der Waals surface area contributed by atoms with Gasteiger partial charge in [-0.3, -0.25) is 4.79 Å². The van der Waals surface area contributed by atoms with Crippen molar-refractivity contribution in [2.75, 3.05) is 0 Å². The molecule has 1 aliphatic rings. The smallest absolute Gasteiger partial charge is 0.133 e. The van der Waals surface area contributed by atoms with Crippen molar-refractivity contribution in [2.24, 2.45) is 0 Å². The number of ether oxygens (including phenoxy) is 1. The van der Waals surface area contributed by atoms with Crippen molar-refractivity contribution in [2.45, 2.75) is 38.4 Å². The second-order valence-electron chi connectivity index (χ2n) is 4.28. The van der Waals surface area contributed by atoms with Gasteiger partial charge in [0, 0.05) is 23.4 Å². The quantitative estimate of drug-likeness (QED) is 0.827. The summed E-state index contributed by atoms with van der Waals surface area (Å²) in [6.45, 7) is 0.214.